The zero-order valence-electron chi connectivity index (χ0n) is 19.5. The van der Waals surface area contributed by atoms with Crippen molar-refractivity contribution in [3.05, 3.63) is 41.4 Å². The van der Waals surface area contributed by atoms with E-state index in [1.807, 2.05) is 25.1 Å². The van der Waals surface area contributed by atoms with Gasteiger partial charge >= 0.3 is 0 Å². The number of Topliss-reactive ketones (excluding diaryl/α,β-unsaturated/α-hetero) is 1. The number of ether oxygens (including phenoxy) is 1. The van der Waals surface area contributed by atoms with Crippen LogP contribution < -0.4 is 0 Å². The van der Waals surface area contributed by atoms with Crippen LogP contribution in [0.2, 0.25) is 0 Å². The van der Waals surface area contributed by atoms with E-state index in [-0.39, 0.29) is 11.9 Å². The molecule has 0 unspecified atom stereocenters. The van der Waals surface area contributed by atoms with E-state index in [2.05, 4.69) is 26.3 Å². The summed E-state index contributed by atoms with van der Waals surface area (Å²) in [6.45, 7) is 5.77. The molecule has 8 heteroatoms. The lowest BCUT2D eigenvalue weighted by Gasteiger charge is -2.25. The molecule has 1 atom stereocenters. The second kappa shape index (κ2) is 9.89. The highest BCUT2D eigenvalue weighted by atomic mass is 32.2. The van der Waals surface area contributed by atoms with Crippen LogP contribution >= 0.6 is 11.8 Å². The van der Waals surface area contributed by atoms with Gasteiger partial charge in [0, 0.05) is 36.1 Å². The smallest absolute Gasteiger partial charge is 0.200 e. The lowest BCUT2D eigenvalue weighted by molar-refractivity contribution is 0.0957. The van der Waals surface area contributed by atoms with Gasteiger partial charge in [-0.25, -0.2) is 0 Å². The Morgan fingerprint density at radius 3 is 2.73 bits per heavy atom. The van der Waals surface area contributed by atoms with E-state index < -0.39 is 0 Å². The van der Waals surface area contributed by atoms with Crippen molar-refractivity contribution in [2.24, 2.45) is 0 Å². The zero-order valence-corrected chi connectivity index (χ0v) is 20.3. The normalized spacial score (nSPS) is 19.4. The Kier molecular flexibility index (Phi) is 6.74. The number of hydrogen-bond donors (Lipinski definition) is 0. The minimum absolute atomic E-state index is 0.129. The first-order valence-corrected chi connectivity index (χ1v) is 13.0. The second-order valence-electron chi connectivity index (χ2n) is 9.19. The maximum atomic E-state index is 13.2. The SMILES string of the molecule is Cc1cc(C(=O)CSc2nnc(-c3ccco3)n2C2CCCCC2)c(C)n1C[C@@H]1CCCO1. The predicted octanol–water partition coefficient (Wildman–Crippen LogP) is 5.62. The summed E-state index contributed by atoms with van der Waals surface area (Å²) in [7, 11) is 0. The van der Waals surface area contributed by atoms with E-state index in [1.54, 1.807) is 6.26 Å². The number of carbonyl (C=O) groups is 1. The molecule has 7 nitrogen and oxygen atoms in total. The summed E-state index contributed by atoms with van der Waals surface area (Å²) in [4.78, 5) is 13.2. The Morgan fingerprint density at radius 2 is 2.00 bits per heavy atom. The van der Waals surface area contributed by atoms with E-state index >= 15 is 0 Å². The molecule has 1 aliphatic carbocycles. The standard InChI is InChI=1S/C25H32N4O3S/c1-17-14-21(18(2)28(17)15-20-10-6-12-31-20)22(30)16-33-25-27-26-24(23-11-7-13-32-23)29(25)19-8-4-3-5-9-19/h7,11,13-14,19-20H,3-6,8-10,12,15-16H2,1-2H3/t20-/m0/s1. The van der Waals surface area contributed by atoms with Gasteiger partial charge in [-0.1, -0.05) is 31.0 Å². The van der Waals surface area contributed by atoms with Gasteiger partial charge in [-0.15, -0.1) is 10.2 Å². The number of thioether (sulfide) groups is 1. The third kappa shape index (κ3) is 4.68. The zero-order chi connectivity index (χ0) is 22.8. The van der Waals surface area contributed by atoms with Gasteiger partial charge in [0.15, 0.2) is 16.7 Å². The second-order valence-corrected chi connectivity index (χ2v) is 10.1. The number of aromatic nitrogens is 4. The van der Waals surface area contributed by atoms with Crippen molar-refractivity contribution in [2.75, 3.05) is 12.4 Å². The average molecular weight is 469 g/mol. The summed E-state index contributed by atoms with van der Waals surface area (Å²) in [5, 5.41) is 9.72. The summed E-state index contributed by atoms with van der Waals surface area (Å²) in [6.07, 6.45) is 10.0. The Labute approximate surface area is 198 Å². The minimum Gasteiger partial charge on any atom is -0.461 e. The number of hydrogen-bond acceptors (Lipinski definition) is 6. The number of aryl methyl sites for hydroxylation is 1. The van der Waals surface area contributed by atoms with Gasteiger partial charge in [-0.05, 0) is 57.7 Å². The molecule has 1 saturated heterocycles. The van der Waals surface area contributed by atoms with Gasteiger partial charge < -0.3 is 13.7 Å². The molecule has 33 heavy (non-hydrogen) atoms. The van der Waals surface area contributed by atoms with Gasteiger partial charge in [-0.3, -0.25) is 9.36 Å². The molecule has 0 amide bonds. The van der Waals surface area contributed by atoms with E-state index in [1.165, 1.54) is 31.0 Å². The number of rotatable bonds is 8. The van der Waals surface area contributed by atoms with Crippen LogP contribution in [-0.4, -0.2) is 43.6 Å². The third-order valence-electron chi connectivity index (χ3n) is 6.96. The molecule has 0 radical (unpaired) electrons. The Hall–Kier alpha value is -2.32. The maximum absolute atomic E-state index is 13.2. The van der Waals surface area contributed by atoms with Crippen molar-refractivity contribution < 1.29 is 13.9 Å². The highest BCUT2D eigenvalue weighted by Gasteiger charge is 2.26. The molecule has 4 heterocycles. The summed E-state index contributed by atoms with van der Waals surface area (Å²) < 4.78 is 15.9. The van der Waals surface area contributed by atoms with Crippen LogP contribution in [0, 0.1) is 13.8 Å². The molecule has 0 N–H and O–H groups in total. The van der Waals surface area contributed by atoms with Crippen molar-refractivity contribution in [3.8, 4) is 11.6 Å². The van der Waals surface area contributed by atoms with Crippen LogP contribution in [-0.2, 0) is 11.3 Å². The van der Waals surface area contributed by atoms with Gasteiger partial charge in [0.1, 0.15) is 0 Å². The van der Waals surface area contributed by atoms with Crippen LogP contribution in [0.3, 0.4) is 0 Å². The van der Waals surface area contributed by atoms with Crippen LogP contribution in [0.5, 0.6) is 0 Å². The van der Waals surface area contributed by atoms with Gasteiger partial charge in [0.25, 0.3) is 0 Å². The van der Waals surface area contributed by atoms with Crippen molar-refractivity contribution in [3.63, 3.8) is 0 Å². The molecule has 0 spiro atoms. The molecule has 1 saturated carbocycles. The average Bonchev–Trinajstić information content (AvgIpc) is 3.63. The Bertz CT molecular complexity index is 1090. The fourth-order valence-electron chi connectivity index (χ4n) is 5.18. The van der Waals surface area contributed by atoms with Gasteiger partial charge in [-0.2, -0.15) is 0 Å². The minimum atomic E-state index is 0.129. The molecule has 5 rings (SSSR count). The molecular formula is C25H32N4O3S. The molecule has 2 aliphatic rings. The predicted molar refractivity (Wildman–Crippen MR) is 128 cm³/mol. The van der Waals surface area contributed by atoms with Crippen molar-refractivity contribution in [1.29, 1.82) is 0 Å². The summed E-state index contributed by atoms with van der Waals surface area (Å²) >= 11 is 1.48. The molecule has 3 aromatic rings. The summed E-state index contributed by atoms with van der Waals surface area (Å²) in [6, 6.07) is 6.17. The lowest BCUT2D eigenvalue weighted by atomic mass is 9.95. The molecule has 2 fully saturated rings. The van der Waals surface area contributed by atoms with E-state index in [0.717, 1.165) is 72.5 Å². The van der Waals surface area contributed by atoms with Crippen molar-refractivity contribution >= 4 is 17.5 Å². The molecule has 3 aromatic heterocycles. The number of carbonyl (C=O) groups excluding carboxylic acids is 1. The van der Waals surface area contributed by atoms with Crippen LogP contribution in [0.25, 0.3) is 11.6 Å². The van der Waals surface area contributed by atoms with Crippen LogP contribution in [0.4, 0.5) is 0 Å². The van der Waals surface area contributed by atoms with Crippen LogP contribution in [0.15, 0.2) is 34.0 Å². The monoisotopic (exact) mass is 468 g/mol. The number of furan rings is 1. The molecule has 0 aromatic carbocycles. The van der Waals surface area contributed by atoms with E-state index in [0.29, 0.717) is 11.8 Å². The first-order chi connectivity index (χ1) is 16.1. The first kappa shape index (κ1) is 22.5. The summed E-state index contributed by atoms with van der Waals surface area (Å²) in [5.41, 5.74) is 2.94. The largest absolute Gasteiger partial charge is 0.461 e. The fraction of sp³-hybridized carbons (Fsp3) is 0.560. The van der Waals surface area contributed by atoms with Gasteiger partial charge in [0.05, 0.1) is 18.1 Å². The van der Waals surface area contributed by atoms with E-state index in [9.17, 15) is 4.79 Å². The highest BCUT2D eigenvalue weighted by Crippen LogP contribution is 2.36. The molecule has 0 bridgehead atoms. The first-order valence-electron chi connectivity index (χ1n) is 12.0. The Balaban J connectivity index is 1.34. The highest BCUT2D eigenvalue weighted by molar-refractivity contribution is 7.99. The van der Waals surface area contributed by atoms with Gasteiger partial charge in [0.2, 0.25) is 5.82 Å². The fourth-order valence-corrected chi connectivity index (χ4v) is 6.07. The number of ketones is 1. The van der Waals surface area contributed by atoms with Crippen molar-refractivity contribution in [1.82, 2.24) is 19.3 Å². The Morgan fingerprint density at radius 1 is 1.15 bits per heavy atom. The molecule has 1 aliphatic heterocycles. The third-order valence-corrected chi connectivity index (χ3v) is 7.91. The molecule has 176 valence electrons. The summed E-state index contributed by atoms with van der Waals surface area (Å²) in [5.74, 6) is 1.96. The maximum Gasteiger partial charge on any atom is 0.200 e. The van der Waals surface area contributed by atoms with Crippen molar-refractivity contribution in [2.45, 2.75) is 82.6 Å². The topological polar surface area (TPSA) is 75.1 Å². The van der Waals surface area contributed by atoms with Crippen LogP contribution in [0.1, 0.15) is 72.7 Å². The van der Waals surface area contributed by atoms with E-state index in [4.69, 9.17) is 9.15 Å². The molecular weight excluding hydrogens is 436 g/mol. The lowest BCUT2D eigenvalue weighted by Crippen LogP contribution is -2.17. The number of nitrogens with zero attached hydrogens (tertiary/aromatic N) is 4. The quantitative estimate of drug-likeness (QED) is 0.316.